The van der Waals surface area contributed by atoms with Crippen molar-refractivity contribution < 1.29 is 46.2 Å². The Morgan fingerprint density at radius 2 is 1.74 bits per heavy atom. The van der Waals surface area contributed by atoms with E-state index in [1.54, 1.807) is 0 Å². The lowest BCUT2D eigenvalue weighted by atomic mass is 10.00. The van der Waals surface area contributed by atoms with Gasteiger partial charge in [0.05, 0.1) is 12.6 Å². The van der Waals surface area contributed by atoms with E-state index < -0.39 is 35.8 Å². The summed E-state index contributed by atoms with van der Waals surface area (Å²) in [5, 5.41) is 10.2. The van der Waals surface area contributed by atoms with E-state index in [1.165, 1.54) is 13.2 Å². The number of carbonyl (C=O) groups is 3. The van der Waals surface area contributed by atoms with E-state index in [0.717, 1.165) is 17.2 Å². The van der Waals surface area contributed by atoms with E-state index in [2.05, 4.69) is 15.3 Å². The molecule has 0 saturated heterocycles. The monoisotopic (exact) mass is 599 g/mol. The first-order valence-electron chi connectivity index (χ1n) is 12.5. The minimum absolute atomic E-state index is 0.0458. The number of fused-ring (bicyclic) bond motifs is 1. The average molecular weight is 600 g/mol. The van der Waals surface area contributed by atoms with Crippen LogP contribution in [-0.4, -0.2) is 59.8 Å². The molecule has 0 aliphatic heterocycles. The Balaban J connectivity index is 0.000000782. The highest BCUT2D eigenvalue weighted by Crippen LogP contribution is 2.33. The molecule has 15 heteroatoms. The third kappa shape index (κ3) is 10.1. The van der Waals surface area contributed by atoms with E-state index in [9.17, 15) is 31.5 Å². The number of aromatic amines is 1. The second kappa shape index (κ2) is 15.3. The molecule has 42 heavy (non-hydrogen) atoms. The van der Waals surface area contributed by atoms with Gasteiger partial charge in [0.25, 0.3) is 0 Å². The van der Waals surface area contributed by atoms with Crippen LogP contribution in [0.15, 0.2) is 47.5 Å². The second-order valence-corrected chi connectivity index (χ2v) is 8.90. The Bertz CT molecular complexity index is 1410. The maximum Gasteiger partial charge on any atom is 0.490 e. The van der Waals surface area contributed by atoms with E-state index in [1.807, 2.05) is 30.3 Å². The standard InChI is InChI=1S/C25H29F2N5O3.C2HF3O2/c1-35-24(34)20(10-6-12-30-25(28)29)31-21(33)11-5-9-17-18-13-16(26)14-19(27)23(18)32-22(17)15-7-3-2-4-8-15;3-2(4,5)1(6)7/h2-4,7-8,13-14,20,32H,5-6,9-12H2,1H3,(H,31,33)(H4,28,29,30);(H,6,7). The lowest BCUT2D eigenvalue weighted by molar-refractivity contribution is -0.192. The van der Waals surface area contributed by atoms with E-state index in [4.69, 9.17) is 26.1 Å². The highest BCUT2D eigenvalue weighted by molar-refractivity contribution is 5.91. The van der Waals surface area contributed by atoms with Gasteiger partial charge in [-0.05, 0) is 42.9 Å². The van der Waals surface area contributed by atoms with Crippen molar-refractivity contribution in [3.05, 3.63) is 59.7 Å². The first kappa shape index (κ1) is 33.5. The summed E-state index contributed by atoms with van der Waals surface area (Å²) in [6.07, 6.45) is -3.38. The molecule has 1 unspecified atom stereocenters. The summed E-state index contributed by atoms with van der Waals surface area (Å²) >= 11 is 0. The number of nitrogens with two attached hydrogens (primary N) is 2. The molecule has 3 rings (SSSR count). The van der Waals surface area contributed by atoms with Crippen molar-refractivity contribution >= 4 is 34.7 Å². The minimum atomic E-state index is -5.08. The van der Waals surface area contributed by atoms with Gasteiger partial charge in [-0.3, -0.25) is 9.79 Å². The minimum Gasteiger partial charge on any atom is -0.475 e. The van der Waals surface area contributed by atoms with E-state index >= 15 is 0 Å². The molecule has 1 atom stereocenters. The molecule has 0 radical (unpaired) electrons. The van der Waals surface area contributed by atoms with E-state index in [-0.39, 0.29) is 23.8 Å². The van der Waals surface area contributed by atoms with Crippen molar-refractivity contribution in [2.75, 3.05) is 13.7 Å². The molecule has 2 aromatic carbocycles. The highest BCUT2D eigenvalue weighted by Gasteiger charge is 2.38. The fraction of sp³-hybridized carbons (Fsp3) is 0.333. The van der Waals surface area contributed by atoms with E-state index in [0.29, 0.717) is 43.3 Å². The molecule has 228 valence electrons. The van der Waals surface area contributed by atoms with Crippen LogP contribution in [0.3, 0.4) is 0 Å². The van der Waals surface area contributed by atoms with Crippen molar-refractivity contribution in [1.82, 2.24) is 10.3 Å². The molecule has 0 spiro atoms. The zero-order valence-electron chi connectivity index (χ0n) is 22.4. The van der Waals surface area contributed by atoms with Gasteiger partial charge in [0, 0.05) is 30.1 Å². The molecule has 3 aromatic rings. The fourth-order valence-corrected chi connectivity index (χ4v) is 3.97. The van der Waals surface area contributed by atoms with Crippen LogP contribution in [0.25, 0.3) is 22.2 Å². The van der Waals surface area contributed by atoms with Crippen LogP contribution in [0.1, 0.15) is 31.2 Å². The van der Waals surface area contributed by atoms with Gasteiger partial charge in [0.15, 0.2) is 5.96 Å². The number of aliphatic carboxylic acids is 1. The number of hydrogen-bond acceptors (Lipinski definition) is 5. The van der Waals surface area contributed by atoms with Crippen LogP contribution < -0.4 is 16.8 Å². The number of rotatable bonds is 11. The maximum atomic E-state index is 14.4. The second-order valence-electron chi connectivity index (χ2n) is 8.90. The van der Waals surface area contributed by atoms with Crippen molar-refractivity contribution in [1.29, 1.82) is 0 Å². The number of carbonyl (C=O) groups excluding carboxylic acids is 2. The number of esters is 1. The third-order valence-electron chi connectivity index (χ3n) is 5.83. The van der Waals surface area contributed by atoms with Crippen molar-refractivity contribution in [3.63, 3.8) is 0 Å². The number of amides is 1. The van der Waals surface area contributed by atoms with Crippen LogP contribution in [-0.2, 0) is 25.5 Å². The van der Waals surface area contributed by atoms with Gasteiger partial charge >= 0.3 is 18.1 Å². The van der Waals surface area contributed by atoms with Crippen LogP contribution in [0, 0.1) is 11.6 Å². The number of benzene rings is 2. The topological polar surface area (TPSA) is 173 Å². The number of halogens is 5. The molecule has 1 aromatic heterocycles. The zero-order chi connectivity index (χ0) is 31.4. The van der Waals surface area contributed by atoms with Gasteiger partial charge in [0.1, 0.15) is 17.7 Å². The summed E-state index contributed by atoms with van der Waals surface area (Å²) in [5.74, 6) is -5.04. The average Bonchev–Trinajstić information content (AvgIpc) is 3.28. The summed E-state index contributed by atoms with van der Waals surface area (Å²) < 4.78 is 64.9. The Hall–Kier alpha value is -4.69. The van der Waals surface area contributed by atoms with Gasteiger partial charge in [-0.1, -0.05) is 30.3 Å². The number of aromatic nitrogens is 1. The molecule has 0 aliphatic carbocycles. The molecular formula is C27H30F5N5O5. The SMILES string of the molecule is COC(=O)C(CCCN=C(N)N)NC(=O)CCCc1c(-c2ccccc2)[nH]c2c(F)cc(F)cc12.O=C(O)C(F)(F)F. The van der Waals surface area contributed by atoms with Gasteiger partial charge in [-0.25, -0.2) is 18.4 Å². The number of aryl methyl sites for hydroxylation is 1. The van der Waals surface area contributed by atoms with Crippen LogP contribution in [0.4, 0.5) is 22.0 Å². The molecule has 10 nitrogen and oxygen atoms in total. The fourth-order valence-electron chi connectivity index (χ4n) is 3.97. The quantitative estimate of drug-likeness (QED) is 0.0733. The summed E-state index contributed by atoms with van der Waals surface area (Å²) in [6, 6.07) is 10.6. The Kier molecular flexibility index (Phi) is 12.2. The smallest absolute Gasteiger partial charge is 0.475 e. The number of nitrogens with zero attached hydrogens (tertiary/aromatic N) is 1. The lowest BCUT2D eigenvalue weighted by Gasteiger charge is -2.16. The van der Waals surface area contributed by atoms with Gasteiger partial charge < -0.3 is 31.6 Å². The molecule has 1 heterocycles. The maximum absolute atomic E-state index is 14.4. The molecular weight excluding hydrogens is 569 g/mol. The van der Waals surface area contributed by atoms with Crippen molar-refractivity contribution in [2.45, 2.75) is 44.3 Å². The van der Waals surface area contributed by atoms with Crippen LogP contribution >= 0.6 is 0 Å². The number of ether oxygens (including phenoxy) is 1. The summed E-state index contributed by atoms with van der Waals surface area (Å²) in [5.41, 5.74) is 13.0. The molecule has 0 bridgehead atoms. The largest absolute Gasteiger partial charge is 0.490 e. The number of nitrogens with one attached hydrogen (secondary N) is 2. The van der Waals surface area contributed by atoms with Crippen LogP contribution in [0.5, 0.6) is 0 Å². The normalized spacial score (nSPS) is 11.7. The van der Waals surface area contributed by atoms with Crippen molar-refractivity contribution in [2.24, 2.45) is 16.5 Å². The number of guanidine groups is 1. The number of methoxy groups -OCH3 is 1. The number of alkyl halides is 3. The molecule has 7 N–H and O–H groups in total. The number of aliphatic imine (C=N–C) groups is 1. The van der Waals surface area contributed by atoms with Gasteiger partial charge in [0.2, 0.25) is 5.91 Å². The summed E-state index contributed by atoms with van der Waals surface area (Å²) in [4.78, 5) is 40.4. The Labute approximate surface area is 236 Å². The number of carboxylic acid groups (broad SMARTS) is 1. The molecule has 0 aliphatic rings. The summed E-state index contributed by atoms with van der Waals surface area (Å²) in [7, 11) is 1.25. The Morgan fingerprint density at radius 1 is 1.10 bits per heavy atom. The number of hydrogen-bond donors (Lipinski definition) is 5. The summed E-state index contributed by atoms with van der Waals surface area (Å²) in [6.45, 7) is 0.321. The number of carboxylic acids is 1. The predicted octanol–water partition coefficient (Wildman–Crippen LogP) is 3.78. The van der Waals surface area contributed by atoms with Crippen molar-refractivity contribution in [3.8, 4) is 11.3 Å². The third-order valence-corrected chi connectivity index (χ3v) is 5.83. The molecule has 1 amide bonds. The predicted molar refractivity (Wildman–Crippen MR) is 144 cm³/mol. The lowest BCUT2D eigenvalue weighted by Crippen LogP contribution is -2.41. The zero-order valence-corrected chi connectivity index (χ0v) is 22.4. The first-order valence-corrected chi connectivity index (χ1v) is 12.5. The molecule has 0 fully saturated rings. The highest BCUT2D eigenvalue weighted by atomic mass is 19.4. The molecule has 0 saturated carbocycles. The Morgan fingerprint density at radius 3 is 2.31 bits per heavy atom. The first-order chi connectivity index (χ1) is 19.7. The van der Waals surface area contributed by atoms with Gasteiger partial charge in [-0.15, -0.1) is 0 Å². The van der Waals surface area contributed by atoms with Crippen LogP contribution in [0.2, 0.25) is 0 Å². The van der Waals surface area contributed by atoms with Gasteiger partial charge in [-0.2, -0.15) is 13.2 Å². The number of H-pyrrole nitrogens is 1.